The lowest BCUT2D eigenvalue weighted by Gasteiger charge is -2.35. The second kappa shape index (κ2) is 8.44. The van der Waals surface area contributed by atoms with Crippen LogP contribution in [0.4, 0.5) is 0 Å². The molecule has 1 N–H and O–H groups in total. The van der Waals surface area contributed by atoms with Crippen molar-refractivity contribution >= 4 is 17.8 Å². The number of cyclic esters (lactones) is 1. The number of hydrogen-bond acceptors (Lipinski definition) is 4. The summed E-state index contributed by atoms with van der Waals surface area (Å²) < 4.78 is 5.69. The van der Waals surface area contributed by atoms with Gasteiger partial charge in [0.2, 0.25) is 6.23 Å². The fraction of sp³-hybridized carbons (Fsp3) is 0.160. The summed E-state index contributed by atoms with van der Waals surface area (Å²) in [4.78, 5) is 40.2. The number of nitrogens with zero attached hydrogens (tertiary/aromatic N) is 1. The molecule has 156 valence electrons. The molecule has 1 fully saturated rings. The van der Waals surface area contributed by atoms with Crippen molar-refractivity contribution in [2.45, 2.75) is 24.6 Å². The minimum absolute atomic E-state index is 0.0287. The van der Waals surface area contributed by atoms with E-state index in [0.29, 0.717) is 11.1 Å². The van der Waals surface area contributed by atoms with Gasteiger partial charge in [-0.15, -0.1) is 0 Å². The molecule has 1 amide bonds. The maximum Gasteiger partial charge on any atom is 0.335 e. The number of ether oxygens (including phenoxy) is 1. The number of carbonyl (C=O) groups is 3. The number of carboxylic acids is 1. The molecule has 0 aliphatic carbocycles. The third-order valence-electron chi connectivity index (χ3n) is 5.40. The van der Waals surface area contributed by atoms with E-state index in [9.17, 15) is 19.5 Å². The molecular formula is C25H21NO5. The van der Waals surface area contributed by atoms with Gasteiger partial charge in [0.05, 0.1) is 6.42 Å². The third kappa shape index (κ3) is 3.92. The Morgan fingerprint density at radius 2 is 1.42 bits per heavy atom. The number of benzene rings is 3. The molecular weight excluding hydrogens is 394 g/mol. The van der Waals surface area contributed by atoms with Crippen LogP contribution in [-0.2, 0) is 20.7 Å². The number of hydrogen-bond donors (Lipinski definition) is 1. The average molecular weight is 415 g/mol. The fourth-order valence-electron chi connectivity index (χ4n) is 4.00. The average Bonchev–Trinajstić information content (AvgIpc) is 3.06. The number of aliphatic carboxylic acids is 1. The van der Waals surface area contributed by atoms with E-state index in [-0.39, 0.29) is 6.42 Å². The number of rotatable bonds is 6. The molecule has 0 spiro atoms. The van der Waals surface area contributed by atoms with Crippen LogP contribution in [0.15, 0.2) is 91.0 Å². The van der Waals surface area contributed by atoms with Crippen LogP contribution in [0.3, 0.4) is 0 Å². The van der Waals surface area contributed by atoms with E-state index in [1.54, 1.807) is 66.7 Å². The molecule has 0 saturated carbocycles. The normalized spacial score (nSPS) is 20.3. The molecule has 6 nitrogen and oxygen atoms in total. The van der Waals surface area contributed by atoms with Crippen LogP contribution in [0, 0.1) is 0 Å². The van der Waals surface area contributed by atoms with Crippen molar-refractivity contribution in [3.05, 3.63) is 108 Å². The largest absolute Gasteiger partial charge is 0.481 e. The van der Waals surface area contributed by atoms with Gasteiger partial charge in [0.1, 0.15) is 0 Å². The van der Waals surface area contributed by atoms with Crippen molar-refractivity contribution in [2.24, 2.45) is 0 Å². The van der Waals surface area contributed by atoms with Gasteiger partial charge in [-0.05, 0) is 17.7 Å². The monoisotopic (exact) mass is 415 g/mol. The maximum absolute atomic E-state index is 13.7. The second-order valence-electron chi connectivity index (χ2n) is 7.47. The maximum atomic E-state index is 13.7. The molecule has 1 aliphatic rings. The third-order valence-corrected chi connectivity index (χ3v) is 5.40. The van der Waals surface area contributed by atoms with Crippen molar-refractivity contribution < 1.29 is 24.2 Å². The Hall–Kier alpha value is -3.93. The SMILES string of the molecule is O=C(O)C[C@@]1(Cc2ccccc2)C(=O)O[C@H](c2ccccc2)N1C(=O)c1ccccc1. The van der Waals surface area contributed by atoms with E-state index in [1.165, 1.54) is 4.90 Å². The quantitative estimate of drug-likeness (QED) is 0.619. The van der Waals surface area contributed by atoms with Crippen molar-refractivity contribution in [1.29, 1.82) is 0 Å². The minimum atomic E-state index is -1.68. The summed E-state index contributed by atoms with van der Waals surface area (Å²) in [5.74, 6) is -2.37. The minimum Gasteiger partial charge on any atom is -0.481 e. The molecule has 1 heterocycles. The van der Waals surface area contributed by atoms with E-state index < -0.39 is 36.0 Å². The number of esters is 1. The van der Waals surface area contributed by atoms with Crippen LogP contribution in [0.2, 0.25) is 0 Å². The first-order valence-corrected chi connectivity index (χ1v) is 9.92. The lowest BCUT2D eigenvalue weighted by Crippen LogP contribution is -2.54. The summed E-state index contributed by atoms with van der Waals surface area (Å²) >= 11 is 0. The smallest absolute Gasteiger partial charge is 0.335 e. The summed E-state index contributed by atoms with van der Waals surface area (Å²) in [6, 6.07) is 26.4. The van der Waals surface area contributed by atoms with Gasteiger partial charge in [-0.3, -0.25) is 14.5 Å². The lowest BCUT2D eigenvalue weighted by molar-refractivity contribution is -0.150. The second-order valence-corrected chi connectivity index (χ2v) is 7.47. The van der Waals surface area contributed by atoms with Crippen LogP contribution in [0.25, 0.3) is 0 Å². The zero-order valence-electron chi connectivity index (χ0n) is 16.7. The predicted octanol–water partition coefficient (Wildman–Crippen LogP) is 3.84. The summed E-state index contributed by atoms with van der Waals surface area (Å²) in [5, 5.41) is 9.72. The van der Waals surface area contributed by atoms with E-state index in [4.69, 9.17) is 4.74 Å². The zero-order chi connectivity index (χ0) is 21.8. The van der Waals surface area contributed by atoms with Gasteiger partial charge < -0.3 is 9.84 Å². The van der Waals surface area contributed by atoms with E-state index >= 15 is 0 Å². The number of carboxylic acid groups (broad SMARTS) is 1. The first-order chi connectivity index (χ1) is 15.0. The molecule has 6 heteroatoms. The molecule has 0 radical (unpaired) electrons. The highest BCUT2D eigenvalue weighted by atomic mass is 16.6. The molecule has 0 aromatic heterocycles. The Labute approximate surface area is 179 Å². The highest BCUT2D eigenvalue weighted by molar-refractivity contribution is 6.01. The van der Waals surface area contributed by atoms with Gasteiger partial charge in [0.25, 0.3) is 5.91 Å². The molecule has 0 unspecified atom stereocenters. The highest BCUT2D eigenvalue weighted by Crippen LogP contribution is 2.43. The van der Waals surface area contributed by atoms with Gasteiger partial charge in [-0.25, -0.2) is 4.79 Å². The standard InChI is InChI=1S/C25H21NO5/c27-21(28)17-25(16-18-10-4-1-5-11-18)24(30)31-23(20-14-8-3-9-15-20)26(25)22(29)19-12-6-2-7-13-19/h1-15,23H,16-17H2,(H,27,28)/t23-,25+/m1/s1. The summed E-state index contributed by atoms with van der Waals surface area (Å²) in [5.41, 5.74) is 0.00551. The van der Waals surface area contributed by atoms with Gasteiger partial charge in [-0.2, -0.15) is 0 Å². The predicted molar refractivity (Wildman–Crippen MR) is 113 cm³/mol. The molecule has 3 aromatic rings. The Kier molecular flexibility index (Phi) is 5.54. The topological polar surface area (TPSA) is 83.9 Å². The van der Waals surface area contributed by atoms with E-state index in [1.807, 2.05) is 24.3 Å². The van der Waals surface area contributed by atoms with Gasteiger partial charge >= 0.3 is 11.9 Å². The van der Waals surface area contributed by atoms with Gasteiger partial charge in [0.15, 0.2) is 5.54 Å². The molecule has 3 aromatic carbocycles. The Morgan fingerprint density at radius 3 is 2.00 bits per heavy atom. The zero-order valence-corrected chi connectivity index (χ0v) is 16.7. The van der Waals surface area contributed by atoms with E-state index in [0.717, 1.165) is 5.56 Å². The first-order valence-electron chi connectivity index (χ1n) is 9.92. The lowest BCUT2D eigenvalue weighted by atomic mass is 9.85. The summed E-state index contributed by atoms with van der Waals surface area (Å²) in [6.45, 7) is 0. The first kappa shape index (κ1) is 20.3. The van der Waals surface area contributed by atoms with Crippen molar-refractivity contribution in [3.8, 4) is 0 Å². The number of carbonyl (C=O) groups excluding carboxylic acids is 2. The molecule has 2 atom stereocenters. The number of amides is 1. The van der Waals surface area contributed by atoms with E-state index in [2.05, 4.69) is 0 Å². The van der Waals surface area contributed by atoms with Crippen LogP contribution >= 0.6 is 0 Å². The molecule has 31 heavy (non-hydrogen) atoms. The Balaban J connectivity index is 1.87. The van der Waals surface area contributed by atoms with Crippen LogP contribution < -0.4 is 0 Å². The van der Waals surface area contributed by atoms with Crippen LogP contribution in [-0.4, -0.2) is 33.4 Å². The van der Waals surface area contributed by atoms with Crippen LogP contribution in [0.1, 0.15) is 34.1 Å². The van der Waals surface area contributed by atoms with Crippen molar-refractivity contribution in [2.75, 3.05) is 0 Å². The summed E-state index contributed by atoms with van der Waals surface area (Å²) in [6.07, 6.45) is -1.56. The molecule has 1 aliphatic heterocycles. The van der Waals surface area contributed by atoms with Crippen LogP contribution in [0.5, 0.6) is 0 Å². The Bertz CT molecular complexity index is 1080. The van der Waals surface area contributed by atoms with Gasteiger partial charge in [0, 0.05) is 17.5 Å². The van der Waals surface area contributed by atoms with Gasteiger partial charge in [-0.1, -0.05) is 78.9 Å². The Morgan fingerprint density at radius 1 is 0.871 bits per heavy atom. The van der Waals surface area contributed by atoms with Crippen molar-refractivity contribution in [3.63, 3.8) is 0 Å². The fourth-order valence-corrected chi connectivity index (χ4v) is 4.00. The molecule has 4 rings (SSSR count). The summed E-state index contributed by atoms with van der Waals surface area (Å²) in [7, 11) is 0. The highest BCUT2D eigenvalue weighted by Gasteiger charge is 2.59. The molecule has 1 saturated heterocycles. The molecule has 0 bridgehead atoms. The van der Waals surface area contributed by atoms with Crippen molar-refractivity contribution in [1.82, 2.24) is 4.90 Å².